The minimum absolute atomic E-state index is 0.138. The summed E-state index contributed by atoms with van der Waals surface area (Å²) in [7, 11) is 0. The minimum atomic E-state index is -4.07. The van der Waals surface area contributed by atoms with Gasteiger partial charge in [0.05, 0.1) is 0 Å². The van der Waals surface area contributed by atoms with E-state index in [-0.39, 0.29) is 17.5 Å². The van der Waals surface area contributed by atoms with Crippen molar-refractivity contribution in [2.45, 2.75) is 51.5 Å². The fourth-order valence-corrected chi connectivity index (χ4v) is 3.47. The Morgan fingerprint density at radius 2 is 1.79 bits per heavy atom. The molecular weight excluding hydrogens is 271 g/mol. The van der Waals surface area contributed by atoms with E-state index in [0.29, 0.717) is 24.2 Å². The number of halogens is 3. The molecule has 1 N–H and O–H groups in total. The molecule has 0 heterocycles. The van der Waals surface area contributed by atoms with Gasteiger partial charge in [-0.15, -0.1) is 0 Å². The van der Waals surface area contributed by atoms with Gasteiger partial charge in [-0.3, -0.25) is 0 Å². The monoisotopic (exact) mass is 297 g/mol. The number of thioether (sulfide) groups is 1. The molecule has 2 unspecified atom stereocenters. The van der Waals surface area contributed by atoms with Crippen molar-refractivity contribution in [2.24, 2.45) is 17.8 Å². The number of hydrogen-bond acceptors (Lipinski definition) is 2. The lowest BCUT2D eigenvalue weighted by atomic mass is 9.78. The quantitative estimate of drug-likeness (QED) is 0.732. The third kappa shape index (κ3) is 8.08. The predicted octanol–water partition coefficient (Wildman–Crippen LogP) is 4.68. The average molecular weight is 297 g/mol. The molecule has 1 aliphatic carbocycles. The summed E-state index contributed by atoms with van der Waals surface area (Å²) in [6.45, 7) is 6.32. The molecule has 0 spiro atoms. The van der Waals surface area contributed by atoms with Gasteiger partial charge >= 0.3 is 5.51 Å². The first-order valence-electron chi connectivity index (χ1n) is 7.30. The standard InChI is InChI=1S/C14H26F3NS/c1-11(2)9-18-10-13-6-4-3-5-12(13)7-8-19-14(15,16)17/h11-13,18H,3-10H2,1-2H3. The van der Waals surface area contributed by atoms with E-state index in [1.807, 2.05) is 0 Å². The second-order valence-electron chi connectivity index (χ2n) is 5.94. The summed E-state index contributed by atoms with van der Waals surface area (Å²) in [5.41, 5.74) is -4.07. The summed E-state index contributed by atoms with van der Waals surface area (Å²) in [6.07, 6.45) is 5.40. The van der Waals surface area contributed by atoms with Gasteiger partial charge in [0.25, 0.3) is 0 Å². The van der Waals surface area contributed by atoms with Crippen LogP contribution in [0, 0.1) is 17.8 Å². The van der Waals surface area contributed by atoms with Crippen LogP contribution in [0.4, 0.5) is 13.2 Å². The Kier molecular flexibility index (Phi) is 7.58. The molecule has 0 aromatic carbocycles. The van der Waals surface area contributed by atoms with Crippen LogP contribution < -0.4 is 5.32 Å². The van der Waals surface area contributed by atoms with Gasteiger partial charge in [-0.2, -0.15) is 13.2 Å². The predicted molar refractivity (Wildman–Crippen MR) is 76.3 cm³/mol. The first-order chi connectivity index (χ1) is 8.88. The number of hydrogen-bond donors (Lipinski definition) is 1. The highest BCUT2D eigenvalue weighted by atomic mass is 32.2. The highest BCUT2D eigenvalue weighted by Crippen LogP contribution is 2.36. The van der Waals surface area contributed by atoms with Crippen LogP contribution in [0.5, 0.6) is 0 Å². The lowest BCUT2D eigenvalue weighted by Gasteiger charge is -2.32. The van der Waals surface area contributed by atoms with Crippen LogP contribution in [0.25, 0.3) is 0 Å². The summed E-state index contributed by atoms with van der Waals surface area (Å²) < 4.78 is 36.4. The van der Waals surface area contributed by atoms with Crippen LogP contribution in [0.2, 0.25) is 0 Å². The van der Waals surface area contributed by atoms with Gasteiger partial charge in [0.1, 0.15) is 0 Å². The van der Waals surface area contributed by atoms with Crippen molar-refractivity contribution in [3.63, 3.8) is 0 Å². The van der Waals surface area contributed by atoms with Crippen molar-refractivity contribution in [3.8, 4) is 0 Å². The van der Waals surface area contributed by atoms with Crippen LogP contribution >= 0.6 is 11.8 Å². The maximum Gasteiger partial charge on any atom is 0.441 e. The van der Waals surface area contributed by atoms with E-state index in [1.54, 1.807) is 0 Å². The lowest BCUT2D eigenvalue weighted by Crippen LogP contribution is -2.32. The summed E-state index contributed by atoms with van der Waals surface area (Å²) in [5, 5.41) is 3.46. The molecule has 1 rings (SSSR count). The molecule has 2 atom stereocenters. The van der Waals surface area contributed by atoms with Crippen molar-refractivity contribution in [2.75, 3.05) is 18.8 Å². The first kappa shape index (κ1) is 17.2. The third-order valence-electron chi connectivity index (χ3n) is 3.78. The van der Waals surface area contributed by atoms with E-state index in [4.69, 9.17) is 0 Å². The van der Waals surface area contributed by atoms with E-state index in [9.17, 15) is 13.2 Å². The zero-order chi connectivity index (χ0) is 14.3. The van der Waals surface area contributed by atoms with E-state index >= 15 is 0 Å². The Labute approximate surface area is 119 Å². The van der Waals surface area contributed by atoms with Gasteiger partial charge in [0.15, 0.2) is 0 Å². The molecule has 0 aliphatic heterocycles. The van der Waals surface area contributed by atoms with Crippen LogP contribution in [0.15, 0.2) is 0 Å². The van der Waals surface area contributed by atoms with Gasteiger partial charge in [0.2, 0.25) is 0 Å². The van der Waals surface area contributed by atoms with Crippen LogP contribution in [0.1, 0.15) is 46.0 Å². The molecule has 1 saturated carbocycles. The first-order valence-corrected chi connectivity index (χ1v) is 8.28. The van der Waals surface area contributed by atoms with E-state index in [0.717, 1.165) is 19.5 Å². The molecule has 0 amide bonds. The molecule has 114 valence electrons. The Morgan fingerprint density at radius 3 is 2.37 bits per heavy atom. The Bertz CT molecular complexity index is 243. The SMILES string of the molecule is CC(C)CNCC1CCCCC1CCSC(F)(F)F. The third-order valence-corrected chi connectivity index (χ3v) is 4.55. The van der Waals surface area contributed by atoms with Crippen LogP contribution in [0.3, 0.4) is 0 Å². The maximum absolute atomic E-state index is 12.1. The minimum Gasteiger partial charge on any atom is -0.316 e. The zero-order valence-electron chi connectivity index (χ0n) is 11.9. The van der Waals surface area contributed by atoms with Gasteiger partial charge in [-0.25, -0.2) is 0 Å². The number of rotatable bonds is 7. The lowest BCUT2D eigenvalue weighted by molar-refractivity contribution is -0.0328. The Hall–Kier alpha value is 0.100. The second-order valence-corrected chi connectivity index (χ2v) is 7.10. The molecule has 0 bridgehead atoms. The molecule has 1 nitrogen and oxygen atoms in total. The fourth-order valence-electron chi connectivity index (χ4n) is 2.82. The summed E-state index contributed by atoms with van der Waals surface area (Å²) in [6, 6.07) is 0. The average Bonchev–Trinajstić information content (AvgIpc) is 2.29. The van der Waals surface area contributed by atoms with Gasteiger partial charge in [-0.05, 0) is 43.7 Å². The van der Waals surface area contributed by atoms with E-state index in [2.05, 4.69) is 19.2 Å². The van der Waals surface area contributed by atoms with E-state index < -0.39 is 5.51 Å². The smallest absolute Gasteiger partial charge is 0.316 e. The Balaban J connectivity index is 2.27. The molecule has 0 aromatic heterocycles. The topological polar surface area (TPSA) is 12.0 Å². The number of nitrogens with one attached hydrogen (secondary N) is 1. The van der Waals surface area contributed by atoms with E-state index in [1.165, 1.54) is 19.3 Å². The summed E-state index contributed by atoms with van der Waals surface area (Å²) >= 11 is 0.138. The van der Waals surface area contributed by atoms with Crippen LogP contribution in [-0.2, 0) is 0 Å². The largest absolute Gasteiger partial charge is 0.441 e. The zero-order valence-corrected chi connectivity index (χ0v) is 12.7. The molecule has 1 aliphatic rings. The molecule has 5 heteroatoms. The number of alkyl halides is 3. The highest BCUT2D eigenvalue weighted by molar-refractivity contribution is 8.00. The van der Waals surface area contributed by atoms with Crippen molar-refractivity contribution in [3.05, 3.63) is 0 Å². The van der Waals surface area contributed by atoms with Gasteiger partial charge in [0, 0.05) is 5.75 Å². The van der Waals surface area contributed by atoms with Crippen molar-refractivity contribution < 1.29 is 13.2 Å². The normalized spacial score (nSPS) is 24.9. The van der Waals surface area contributed by atoms with Crippen molar-refractivity contribution in [1.29, 1.82) is 0 Å². The maximum atomic E-state index is 12.1. The van der Waals surface area contributed by atoms with Crippen LogP contribution in [-0.4, -0.2) is 24.4 Å². The van der Waals surface area contributed by atoms with Crippen molar-refractivity contribution in [1.82, 2.24) is 5.32 Å². The fraction of sp³-hybridized carbons (Fsp3) is 1.00. The van der Waals surface area contributed by atoms with Gasteiger partial charge < -0.3 is 5.32 Å². The molecule has 0 aromatic rings. The van der Waals surface area contributed by atoms with Crippen molar-refractivity contribution >= 4 is 11.8 Å². The van der Waals surface area contributed by atoms with Gasteiger partial charge in [-0.1, -0.05) is 44.9 Å². The Morgan fingerprint density at radius 1 is 1.16 bits per heavy atom. The highest BCUT2D eigenvalue weighted by Gasteiger charge is 2.30. The summed E-state index contributed by atoms with van der Waals surface area (Å²) in [4.78, 5) is 0. The molecule has 1 fully saturated rings. The summed E-state index contributed by atoms with van der Waals surface area (Å²) in [5.74, 6) is 1.89. The molecule has 19 heavy (non-hydrogen) atoms. The molecular formula is C14H26F3NS. The molecule has 0 saturated heterocycles. The molecule has 0 radical (unpaired) electrons. The second kappa shape index (κ2) is 8.40.